The van der Waals surface area contributed by atoms with Crippen LogP contribution in [0, 0.1) is 5.41 Å². The lowest BCUT2D eigenvalue weighted by Gasteiger charge is -2.32. The van der Waals surface area contributed by atoms with E-state index in [4.69, 9.17) is 4.74 Å². The Morgan fingerprint density at radius 1 is 1.40 bits per heavy atom. The number of thioether (sulfide) groups is 1. The van der Waals surface area contributed by atoms with Crippen LogP contribution in [0.3, 0.4) is 0 Å². The first kappa shape index (κ1) is 14.0. The van der Waals surface area contributed by atoms with Crippen LogP contribution < -0.4 is 0 Å². The van der Waals surface area contributed by atoms with E-state index in [-0.39, 0.29) is 5.41 Å². The van der Waals surface area contributed by atoms with Gasteiger partial charge in [0.25, 0.3) is 0 Å². The molecule has 20 heavy (non-hydrogen) atoms. The topological polar surface area (TPSA) is 26.3 Å². The Bertz CT molecular complexity index is 515. The average Bonchev–Trinajstić information content (AvgIpc) is 2.50. The largest absolute Gasteiger partial charge is 0.497 e. The van der Waals surface area contributed by atoms with E-state index in [2.05, 4.69) is 25.2 Å². The second-order valence-corrected chi connectivity index (χ2v) is 7.44. The van der Waals surface area contributed by atoms with Gasteiger partial charge >= 0.3 is 0 Å². The normalized spacial score (nSPS) is 33.8. The number of hydrogen-bond acceptors (Lipinski definition) is 3. The molecule has 0 aromatic rings. The number of fused-ring (bicyclic) bond motifs is 5. The molecule has 2 aliphatic carbocycles. The molecular formula is C17H22O2S. The molecule has 108 valence electrons. The first-order valence-electron chi connectivity index (χ1n) is 7.46. The summed E-state index contributed by atoms with van der Waals surface area (Å²) in [7, 11) is 1.70. The molecule has 3 rings (SSSR count). The van der Waals surface area contributed by atoms with Crippen molar-refractivity contribution in [1.29, 1.82) is 0 Å². The van der Waals surface area contributed by atoms with E-state index in [9.17, 15) is 4.79 Å². The van der Waals surface area contributed by atoms with Gasteiger partial charge in [-0.05, 0) is 55.2 Å². The second kappa shape index (κ2) is 5.44. The summed E-state index contributed by atoms with van der Waals surface area (Å²) >= 11 is 1.95. The van der Waals surface area contributed by atoms with E-state index in [1.54, 1.807) is 7.11 Å². The van der Waals surface area contributed by atoms with E-state index in [1.165, 1.54) is 23.3 Å². The van der Waals surface area contributed by atoms with Crippen LogP contribution >= 0.6 is 11.8 Å². The highest BCUT2D eigenvalue weighted by Gasteiger charge is 2.42. The standard InChI is InChI=1S/C17H22O2S/c1-17-7-3-4-8-20-14(11-16(17)18)9-12-5-6-13(19-2)10-15(12)17/h6,9-10,14H,3-5,7-8,11H2,1-2H3. The molecule has 2 unspecified atom stereocenters. The zero-order valence-corrected chi connectivity index (χ0v) is 13.1. The number of Topliss-reactive ketones (excluding diaryl/α,β-unsaturated/α-hetero) is 1. The van der Waals surface area contributed by atoms with Crippen molar-refractivity contribution < 1.29 is 9.53 Å². The van der Waals surface area contributed by atoms with Gasteiger partial charge in [-0.3, -0.25) is 4.79 Å². The van der Waals surface area contributed by atoms with Crippen LogP contribution in [0.15, 0.2) is 35.1 Å². The average molecular weight is 290 g/mol. The van der Waals surface area contributed by atoms with Gasteiger partial charge in [-0.15, -0.1) is 0 Å². The minimum atomic E-state index is -0.316. The lowest BCUT2D eigenvalue weighted by Crippen LogP contribution is -2.31. The summed E-state index contributed by atoms with van der Waals surface area (Å²) in [5, 5.41) is 0.360. The molecule has 1 saturated heterocycles. The molecule has 1 aliphatic heterocycles. The van der Waals surface area contributed by atoms with Crippen molar-refractivity contribution in [2.24, 2.45) is 5.41 Å². The number of carbonyl (C=O) groups excluding carboxylic acids is 1. The van der Waals surface area contributed by atoms with E-state index in [0.29, 0.717) is 17.5 Å². The summed E-state index contributed by atoms with van der Waals surface area (Å²) in [4.78, 5) is 12.8. The van der Waals surface area contributed by atoms with Gasteiger partial charge in [-0.2, -0.15) is 11.8 Å². The van der Waals surface area contributed by atoms with E-state index >= 15 is 0 Å². The van der Waals surface area contributed by atoms with Gasteiger partial charge in [0.15, 0.2) is 0 Å². The van der Waals surface area contributed by atoms with Crippen LogP contribution in [0.1, 0.15) is 39.0 Å². The number of allylic oxidation sites excluding steroid dienone is 4. The third-order valence-corrected chi connectivity index (χ3v) is 6.03. The molecule has 2 nitrogen and oxygen atoms in total. The summed E-state index contributed by atoms with van der Waals surface area (Å²) in [5.41, 5.74) is 2.24. The monoisotopic (exact) mass is 290 g/mol. The summed E-state index contributed by atoms with van der Waals surface area (Å²) in [6.07, 6.45) is 11.5. The van der Waals surface area contributed by atoms with Crippen molar-refractivity contribution in [2.75, 3.05) is 12.9 Å². The number of ketones is 1. The highest BCUT2D eigenvalue weighted by molar-refractivity contribution is 8.00. The van der Waals surface area contributed by atoms with Crippen LogP contribution in [0.4, 0.5) is 0 Å². The smallest absolute Gasteiger partial charge is 0.144 e. The van der Waals surface area contributed by atoms with Crippen LogP contribution in [0.5, 0.6) is 0 Å². The van der Waals surface area contributed by atoms with Crippen LogP contribution in [-0.4, -0.2) is 23.9 Å². The molecule has 2 atom stereocenters. The minimum Gasteiger partial charge on any atom is -0.497 e. The molecule has 0 amide bonds. The van der Waals surface area contributed by atoms with Crippen molar-refractivity contribution in [3.8, 4) is 0 Å². The number of methoxy groups -OCH3 is 1. The predicted octanol–water partition coefficient (Wildman–Crippen LogP) is 4.04. The van der Waals surface area contributed by atoms with E-state index in [0.717, 1.165) is 25.0 Å². The van der Waals surface area contributed by atoms with Gasteiger partial charge in [0.2, 0.25) is 0 Å². The third-order valence-electron chi connectivity index (χ3n) is 4.78. The molecule has 3 heteroatoms. The maximum Gasteiger partial charge on any atom is 0.144 e. The number of hydrogen-bond donors (Lipinski definition) is 0. The maximum absolute atomic E-state index is 12.8. The molecule has 1 fully saturated rings. The fraction of sp³-hybridized carbons (Fsp3) is 0.588. The number of carbonyl (C=O) groups is 1. The molecule has 0 spiro atoms. The molecule has 0 saturated carbocycles. The lowest BCUT2D eigenvalue weighted by molar-refractivity contribution is -0.126. The number of ether oxygens (including phenoxy) is 1. The molecular weight excluding hydrogens is 268 g/mol. The molecule has 0 aromatic heterocycles. The van der Waals surface area contributed by atoms with Crippen LogP contribution in [0.25, 0.3) is 0 Å². The summed E-state index contributed by atoms with van der Waals surface area (Å²) in [5.74, 6) is 2.49. The Balaban J connectivity index is 2.10. The molecule has 3 aliphatic rings. The Morgan fingerprint density at radius 2 is 2.25 bits per heavy atom. The molecule has 1 heterocycles. The molecule has 2 bridgehead atoms. The Morgan fingerprint density at radius 3 is 3.05 bits per heavy atom. The Labute approximate surface area is 125 Å². The van der Waals surface area contributed by atoms with Gasteiger partial charge in [0, 0.05) is 11.7 Å². The van der Waals surface area contributed by atoms with Gasteiger partial charge < -0.3 is 4.74 Å². The Hall–Kier alpha value is -0.960. The quantitative estimate of drug-likeness (QED) is 0.729. The summed E-state index contributed by atoms with van der Waals surface area (Å²) < 4.78 is 5.40. The summed E-state index contributed by atoms with van der Waals surface area (Å²) in [6.45, 7) is 2.14. The van der Waals surface area contributed by atoms with Crippen molar-refractivity contribution in [3.05, 3.63) is 35.1 Å². The molecule has 0 radical (unpaired) electrons. The highest BCUT2D eigenvalue weighted by Crippen LogP contribution is 2.47. The van der Waals surface area contributed by atoms with E-state index < -0.39 is 0 Å². The zero-order valence-electron chi connectivity index (χ0n) is 12.3. The fourth-order valence-corrected chi connectivity index (χ4v) is 4.67. The van der Waals surface area contributed by atoms with Crippen molar-refractivity contribution in [3.63, 3.8) is 0 Å². The van der Waals surface area contributed by atoms with Crippen LogP contribution in [-0.2, 0) is 9.53 Å². The van der Waals surface area contributed by atoms with Crippen molar-refractivity contribution in [1.82, 2.24) is 0 Å². The lowest BCUT2D eigenvalue weighted by atomic mass is 9.70. The van der Waals surface area contributed by atoms with Gasteiger partial charge in [-0.1, -0.05) is 12.5 Å². The van der Waals surface area contributed by atoms with Gasteiger partial charge in [0.05, 0.1) is 12.5 Å². The van der Waals surface area contributed by atoms with Crippen LogP contribution in [0.2, 0.25) is 0 Å². The Kier molecular flexibility index (Phi) is 3.80. The maximum atomic E-state index is 12.8. The zero-order chi connectivity index (χ0) is 14.2. The first-order valence-corrected chi connectivity index (χ1v) is 8.50. The predicted molar refractivity (Wildman–Crippen MR) is 83.7 cm³/mol. The first-order chi connectivity index (χ1) is 9.63. The van der Waals surface area contributed by atoms with E-state index in [1.807, 2.05) is 11.8 Å². The number of rotatable bonds is 1. The second-order valence-electron chi connectivity index (χ2n) is 6.09. The SMILES string of the molecule is COC1=CCC2=CC3CC(=O)C(C)(CCCCS3)C2=C1. The fourth-order valence-electron chi connectivity index (χ4n) is 3.47. The third kappa shape index (κ3) is 2.37. The van der Waals surface area contributed by atoms with Gasteiger partial charge in [-0.25, -0.2) is 0 Å². The summed E-state index contributed by atoms with van der Waals surface area (Å²) in [6, 6.07) is 0. The molecule has 0 aromatic carbocycles. The van der Waals surface area contributed by atoms with Gasteiger partial charge in [0.1, 0.15) is 11.5 Å². The molecule has 0 N–H and O–H groups in total. The highest BCUT2D eigenvalue weighted by atomic mass is 32.2. The minimum absolute atomic E-state index is 0.316. The van der Waals surface area contributed by atoms with Crippen molar-refractivity contribution in [2.45, 2.75) is 44.3 Å². The van der Waals surface area contributed by atoms with Crippen molar-refractivity contribution >= 4 is 17.5 Å².